The number of methoxy groups -OCH3 is 3. The number of rotatable bonds is 27. The maximum absolute atomic E-state index is 15.1. The summed E-state index contributed by atoms with van der Waals surface area (Å²) in [5.41, 5.74) is 6.79. The van der Waals surface area contributed by atoms with Crippen molar-refractivity contribution >= 4 is 157 Å². The van der Waals surface area contributed by atoms with Gasteiger partial charge in [0.15, 0.2) is 32.5 Å². The van der Waals surface area contributed by atoms with Crippen molar-refractivity contribution in [2.24, 2.45) is 15.0 Å². The van der Waals surface area contributed by atoms with Crippen molar-refractivity contribution in [2.45, 2.75) is 81.7 Å². The van der Waals surface area contributed by atoms with Gasteiger partial charge in [0.25, 0.3) is 0 Å². The van der Waals surface area contributed by atoms with Gasteiger partial charge in [0.1, 0.15) is 53.0 Å². The third-order valence-corrected chi connectivity index (χ3v) is 27.5. The van der Waals surface area contributed by atoms with Gasteiger partial charge in [-0.25, -0.2) is 66.3 Å². The lowest BCUT2D eigenvalue weighted by atomic mass is 9.95. The van der Waals surface area contributed by atoms with Crippen molar-refractivity contribution in [3.8, 4) is 0 Å². The van der Waals surface area contributed by atoms with E-state index in [1.807, 2.05) is 26.6 Å². The predicted octanol–water partition coefficient (Wildman–Crippen LogP) is 11.7. The molecule has 4 aromatic carbocycles. The van der Waals surface area contributed by atoms with Gasteiger partial charge in [0, 0.05) is 207 Å². The molecule has 0 spiro atoms. The number of piperazine rings is 3. The van der Waals surface area contributed by atoms with E-state index in [1.54, 1.807) is 82.4 Å². The number of fused-ring (bicyclic) bond motifs is 3. The molecule has 136 heavy (non-hydrogen) atoms. The molecular formula is C92H89Cl3F4N20O14S3. The summed E-state index contributed by atoms with van der Waals surface area (Å²) >= 11 is 23.5. The van der Waals surface area contributed by atoms with Gasteiger partial charge in [0.05, 0.1) is 80.3 Å². The predicted molar refractivity (Wildman–Crippen MR) is 500 cm³/mol. The summed E-state index contributed by atoms with van der Waals surface area (Å²) in [6, 6.07) is 18.2. The number of carbonyl (C=O) groups excluding carboxylic acids is 7. The molecule has 44 heteroatoms. The zero-order valence-corrected chi connectivity index (χ0v) is 78.2. The first-order valence-electron chi connectivity index (χ1n) is 43.1. The Morgan fingerprint density at radius 1 is 0.441 bits per heavy atom. The number of aryl methyl sites for hydroxylation is 3. The molecule has 0 aliphatic carbocycles. The third kappa shape index (κ3) is 21.6. The number of pyridine rings is 2. The summed E-state index contributed by atoms with van der Waals surface area (Å²) in [6.45, 7) is 8.08. The van der Waals surface area contributed by atoms with E-state index in [-0.39, 0.29) is 112 Å². The molecule has 14 heterocycles. The van der Waals surface area contributed by atoms with Gasteiger partial charge < -0.3 is 59.9 Å². The fourth-order valence-corrected chi connectivity index (χ4v) is 20.2. The first-order chi connectivity index (χ1) is 65.5. The topological polar surface area (TPSA) is 389 Å². The monoisotopic (exact) mass is 1970 g/mol. The highest BCUT2D eigenvalue weighted by Gasteiger charge is 2.48. The fourth-order valence-electron chi connectivity index (χ4n) is 17.7. The van der Waals surface area contributed by atoms with Gasteiger partial charge in [-0.2, -0.15) is 0 Å². The second-order valence-electron chi connectivity index (χ2n) is 33.0. The minimum Gasteiger partial charge on any atom is -0.481 e. The van der Waals surface area contributed by atoms with Crippen molar-refractivity contribution in [3.63, 3.8) is 0 Å². The number of nitrogens with zero attached hydrogens (tertiary/aromatic N) is 17. The minimum absolute atomic E-state index is 0.00716. The van der Waals surface area contributed by atoms with Crippen molar-refractivity contribution in [1.82, 2.24) is 70.3 Å². The Labute approximate surface area is 803 Å². The molecule has 9 aliphatic heterocycles. The number of Topliss-reactive ketones (excluding diaryl/α,β-unsaturated/α-hetero) is 1. The van der Waals surface area contributed by atoms with E-state index in [1.165, 1.54) is 127 Å². The first-order valence-corrected chi connectivity index (χ1v) is 46.9. The number of urea groups is 3. The minimum atomic E-state index is -0.972. The fraction of sp³-hybridized carbons (Fsp3) is 0.337. The van der Waals surface area contributed by atoms with Gasteiger partial charge in [0.2, 0.25) is 0 Å². The van der Waals surface area contributed by atoms with E-state index in [0.29, 0.717) is 188 Å². The lowest BCUT2D eigenvalue weighted by Crippen LogP contribution is -2.53. The third-order valence-electron chi connectivity index (χ3n) is 24.2. The summed E-state index contributed by atoms with van der Waals surface area (Å²) in [5.74, 6) is -3.82. The molecule has 708 valence electrons. The van der Waals surface area contributed by atoms with Gasteiger partial charge in [-0.15, -0.1) is 34.0 Å². The molecule has 0 bridgehead atoms. The zero-order chi connectivity index (χ0) is 95.9. The molecule has 5 N–H and O–H groups in total. The largest absolute Gasteiger partial charge is 0.481 e. The Bertz CT molecular complexity index is 6320. The number of ether oxygens (including phenoxy) is 3. The lowest BCUT2D eigenvalue weighted by molar-refractivity contribution is -0.138. The molecule has 34 nitrogen and oxygen atoms in total. The Morgan fingerprint density at radius 3 is 1.21 bits per heavy atom. The number of anilines is 3. The Kier molecular flexibility index (Phi) is 30.0. The van der Waals surface area contributed by atoms with Crippen LogP contribution in [0.15, 0.2) is 193 Å². The molecule has 5 aromatic heterocycles. The SMILES string of the molecule is COC(=O)C1=C(CN2CCN3C(=O)N(c4ccc(CCC(=O)O)cc4F)C[C@@H]3C2)NC(c2nccs2)=N[C@H]1c1ccc(F)cc1Cl.COC(=O)C1=C(CN2CCN3C(=O)N(c4ccc(CCC(=O)O)cn4)C[C@@H]3C2)NC(c2nccs2)=N[C@H]1c1ccc(F)cc1Cl.COC(=O)C1=C(CN2CCN3C(=O)N(c4cncc(CCC(C)=O)c4)C[C@@H]3C2)NC(c2nccs2)=N[C@H]1c1ccc(F)cc1Cl. The molecule has 9 aromatic rings. The van der Waals surface area contributed by atoms with Crippen LogP contribution in [0.4, 0.5) is 49.1 Å². The van der Waals surface area contributed by atoms with Crippen molar-refractivity contribution in [1.29, 1.82) is 0 Å². The molecule has 6 fully saturated rings. The Hall–Kier alpha value is -13.0. The molecule has 18 rings (SSSR count). The summed E-state index contributed by atoms with van der Waals surface area (Å²) in [7, 11) is 3.87. The van der Waals surface area contributed by atoms with Gasteiger partial charge in [-0.3, -0.25) is 58.9 Å². The standard InChI is InChI=1S/C31H29ClF2N6O5S.C31H31ClFN7O4S.C30H29ClFN7O5S/c1-45-30(43)26-23(36-28(29-35-8-11-46-29)37-27(26)20-5-4-18(33)13-21(20)32)16-38-9-10-39-19(14-38)15-40(31(39)44)24-6-2-17(12-22(24)34)3-7-25(41)42;1-18(41)3-4-19-11-21(14-34-13-19)40-16-22-15-38(8-9-39(22)31(40)43)17-25-26(30(42)44-2)27(23-6-5-20(33)12-24(23)32)37-28(36-25)29-35-7-10-45-29;1-44-29(42)25-22(35-27(28-33-8-11-45-28)36-26(25)20-5-4-18(32)12-21(20)31)16-37-9-10-38-19(14-37)15-39(30(38)43)23-6-2-17(13-34-23)3-7-24(40)41/h2,4-6,8,11-13,19,27H,3,7,9-10,14-16H2,1H3,(H,36,37)(H,41,42);5-7,10-14,22,27H,3-4,8-9,15-17H2,1-2H3,(H,36,37);2,4-6,8,11-13,19,26H,3,7,9-10,14-16H2,1H3,(H,35,36)(H,40,41)/t19-,27-;22-,27-;19-,26-/m000/s1. The number of hydrogen-bond acceptors (Lipinski definition) is 29. The van der Waals surface area contributed by atoms with Crippen LogP contribution in [-0.2, 0) is 62.2 Å². The second-order valence-corrected chi connectivity index (χ2v) is 36.9. The number of aliphatic imine (C=N–C) groups is 3. The lowest BCUT2D eigenvalue weighted by Gasteiger charge is -2.38. The zero-order valence-electron chi connectivity index (χ0n) is 73.4. The van der Waals surface area contributed by atoms with Crippen LogP contribution in [0.2, 0.25) is 15.1 Å². The summed E-state index contributed by atoms with van der Waals surface area (Å²) in [6.07, 6.45) is 11.4. The molecular weight excluding hydrogens is 1890 g/mol. The number of ketones is 1. The van der Waals surface area contributed by atoms with Crippen molar-refractivity contribution < 1.29 is 85.1 Å². The molecule has 0 unspecified atom stereocenters. The number of aliphatic carboxylic acids is 2. The molecule has 0 saturated carbocycles. The number of amidine groups is 3. The van der Waals surface area contributed by atoms with E-state index in [4.69, 9.17) is 74.2 Å². The summed E-state index contributed by atoms with van der Waals surface area (Å²) in [5, 5.41) is 35.4. The van der Waals surface area contributed by atoms with Crippen LogP contribution in [0.1, 0.15) is 92.7 Å². The normalized spacial score (nSPS) is 20.1. The average Bonchev–Trinajstić information content (AvgIpc) is 1.31. The van der Waals surface area contributed by atoms with E-state index < -0.39 is 71.2 Å². The number of amides is 6. The number of carboxylic acid groups (broad SMARTS) is 2. The van der Waals surface area contributed by atoms with Gasteiger partial charge >= 0.3 is 47.9 Å². The number of carbonyl (C=O) groups is 9. The number of aromatic nitrogens is 5. The molecule has 9 aliphatic rings. The van der Waals surface area contributed by atoms with E-state index in [9.17, 15) is 56.3 Å². The van der Waals surface area contributed by atoms with Crippen LogP contribution < -0.4 is 30.7 Å². The smallest absolute Gasteiger partial charge is 0.338 e. The maximum Gasteiger partial charge on any atom is 0.338 e. The summed E-state index contributed by atoms with van der Waals surface area (Å²) in [4.78, 5) is 166. The van der Waals surface area contributed by atoms with Crippen LogP contribution in [0.3, 0.4) is 0 Å². The maximum atomic E-state index is 15.1. The molecule has 0 radical (unpaired) electrons. The Balaban J connectivity index is 0.000000148. The summed E-state index contributed by atoms with van der Waals surface area (Å²) < 4.78 is 72.6. The van der Waals surface area contributed by atoms with E-state index >= 15 is 4.39 Å². The number of esters is 3. The van der Waals surface area contributed by atoms with Crippen LogP contribution in [-0.4, -0.2) is 273 Å². The van der Waals surface area contributed by atoms with Crippen molar-refractivity contribution in [3.05, 3.63) is 265 Å². The van der Waals surface area contributed by atoms with Gasteiger partial charge in [-0.05, 0) is 104 Å². The number of benzene rings is 4. The highest BCUT2D eigenvalue weighted by atomic mass is 35.5. The highest BCUT2D eigenvalue weighted by Crippen LogP contribution is 2.43. The number of halogens is 7. The van der Waals surface area contributed by atoms with E-state index in [2.05, 4.69) is 55.6 Å². The number of carboxylic acids is 2. The van der Waals surface area contributed by atoms with Gasteiger partial charge in [-0.1, -0.05) is 65.1 Å². The molecule has 6 saturated heterocycles. The number of hydrogen-bond donors (Lipinski definition) is 5. The van der Waals surface area contributed by atoms with Crippen LogP contribution >= 0.6 is 68.8 Å². The number of thiazole rings is 3. The quantitative estimate of drug-likeness (QED) is 0.0181. The van der Waals surface area contributed by atoms with Crippen LogP contribution in [0, 0.1) is 23.3 Å². The van der Waals surface area contributed by atoms with Crippen LogP contribution in [0.25, 0.3) is 0 Å². The molecule has 6 amide bonds. The van der Waals surface area contributed by atoms with E-state index in [0.717, 1.165) is 11.1 Å². The van der Waals surface area contributed by atoms with Crippen molar-refractivity contribution in [2.75, 3.05) is 134 Å². The Morgan fingerprint density at radius 2 is 0.831 bits per heavy atom. The van der Waals surface area contributed by atoms with Crippen LogP contribution in [0.5, 0.6) is 0 Å². The molecule has 6 atom stereocenters. The first kappa shape index (κ1) is 96.1. The number of nitrogens with one attached hydrogen (secondary N) is 3. The highest BCUT2D eigenvalue weighted by molar-refractivity contribution is 7.12. The average molecular weight is 1980 g/mol. The second kappa shape index (κ2) is 42.5.